The van der Waals surface area contributed by atoms with Gasteiger partial charge in [-0.3, -0.25) is 9.69 Å². The first kappa shape index (κ1) is 23.2. The van der Waals surface area contributed by atoms with Crippen LogP contribution in [-0.4, -0.2) is 41.6 Å². The molecule has 2 aliphatic rings. The zero-order valence-corrected chi connectivity index (χ0v) is 19.7. The Morgan fingerprint density at radius 1 is 1.22 bits per heavy atom. The molecule has 3 atom stereocenters. The average molecular weight is 473 g/mol. The summed E-state index contributed by atoms with van der Waals surface area (Å²) in [7, 11) is 0. The molecule has 4 nitrogen and oxygen atoms in total. The molecule has 2 unspecified atom stereocenters. The van der Waals surface area contributed by atoms with Gasteiger partial charge in [-0.15, -0.1) is 6.58 Å². The van der Waals surface area contributed by atoms with Gasteiger partial charge < -0.3 is 10.4 Å². The number of amides is 1. The number of carbonyl (C=O) groups excluding carboxylic acids is 1. The van der Waals surface area contributed by atoms with Gasteiger partial charge in [0.2, 0.25) is 5.91 Å². The molecule has 6 heteroatoms. The first-order chi connectivity index (χ1) is 15.4. The lowest BCUT2D eigenvalue weighted by atomic mass is 9.58. The van der Waals surface area contributed by atoms with Crippen LogP contribution in [-0.2, 0) is 16.6 Å². The Hall–Kier alpha value is -2.01. The molecule has 1 saturated carbocycles. The van der Waals surface area contributed by atoms with Gasteiger partial charge in [0, 0.05) is 24.5 Å². The minimum Gasteiger partial charge on any atom is -0.508 e. The summed E-state index contributed by atoms with van der Waals surface area (Å²) in [5.41, 5.74) is 1.99. The molecule has 0 aromatic heterocycles. The van der Waals surface area contributed by atoms with Gasteiger partial charge in [0.05, 0.1) is 16.5 Å². The second-order valence-corrected chi connectivity index (χ2v) is 9.99. The van der Waals surface area contributed by atoms with E-state index >= 15 is 0 Å². The van der Waals surface area contributed by atoms with Crippen LogP contribution < -0.4 is 5.32 Å². The molecule has 1 saturated heterocycles. The third-order valence-electron chi connectivity index (χ3n) is 7.13. The summed E-state index contributed by atoms with van der Waals surface area (Å²) in [4.78, 5) is 15.3. The van der Waals surface area contributed by atoms with Crippen molar-refractivity contribution in [1.82, 2.24) is 10.2 Å². The van der Waals surface area contributed by atoms with Crippen molar-refractivity contribution in [3.63, 3.8) is 0 Å². The van der Waals surface area contributed by atoms with Gasteiger partial charge >= 0.3 is 0 Å². The van der Waals surface area contributed by atoms with E-state index in [9.17, 15) is 9.90 Å². The van der Waals surface area contributed by atoms with Crippen LogP contribution in [0.4, 0.5) is 0 Å². The molecule has 2 fully saturated rings. The Balaban J connectivity index is 1.50. The van der Waals surface area contributed by atoms with Gasteiger partial charge in [-0.1, -0.05) is 47.5 Å². The monoisotopic (exact) mass is 472 g/mol. The largest absolute Gasteiger partial charge is 0.508 e. The predicted octanol–water partition coefficient (Wildman–Crippen LogP) is 5.36. The maximum Gasteiger partial charge on any atom is 0.224 e. The van der Waals surface area contributed by atoms with Crippen molar-refractivity contribution in [1.29, 1.82) is 0 Å². The molecule has 2 N–H and O–H groups in total. The summed E-state index contributed by atoms with van der Waals surface area (Å²) in [5.74, 6) is 0.790. The minimum absolute atomic E-state index is 0.00184. The number of hydrogen-bond acceptors (Lipinski definition) is 3. The number of rotatable bonds is 6. The molecule has 1 heterocycles. The number of benzene rings is 2. The highest BCUT2D eigenvalue weighted by molar-refractivity contribution is 6.42. The van der Waals surface area contributed by atoms with E-state index < -0.39 is 0 Å². The van der Waals surface area contributed by atoms with E-state index in [1.807, 2.05) is 24.3 Å². The molecule has 1 aliphatic carbocycles. The number of piperidine rings is 1. The lowest BCUT2D eigenvalue weighted by molar-refractivity contribution is -0.121. The Labute approximate surface area is 200 Å². The molecule has 2 aromatic rings. The zero-order chi connectivity index (χ0) is 22.7. The fourth-order valence-corrected chi connectivity index (χ4v) is 5.94. The van der Waals surface area contributed by atoms with Crippen LogP contribution in [0.25, 0.3) is 0 Å². The molecule has 32 heavy (non-hydrogen) atoms. The van der Waals surface area contributed by atoms with Gasteiger partial charge in [-0.25, -0.2) is 0 Å². The Kier molecular flexibility index (Phi) is 7.14. The number of fused-ring (bicyclic) bond motifs is 1. The quantitative estimate of drug-likeness (QED) is 0.556. The van der Waals surface area contributed by atoms with Crippen LogP contribution in [0.5, 0.6) is 5.75 Å². The van der Waals surface area contributed by atoms with E-state index in [1.165, 1.54) is 5.56 Å². The molecule has 2 aromatic carbocycles. The first-order valence-corrected chi connectivity index (χ1v) is 12.0. The average Bonchev–Trinajstić information content (AvgIpc) is 2.76. The molecular formula is C26H30Cl2N2O2. The first-order valence-electron chi connectivity index (χ1n) is 11.3. The van der Waals surface area contributed by atoms with Gasteiger partial charge in [0.25, 0.3) is 0 Å². The Morgan fingerprint density at radius 2 is 2.06 bits per heavy atom. The van der Waals surface area contributed by atoms with E-state index in [2.05, 4.69) is 22.9 Å². The summed E-state index contributed by atoms with van der Waals surface area (Å²) < 4.78 is 0. The number of hydrogen-bond donors (Lipinski definition) is 2. The Morgan fingerprint density at radius 3 is 2.81 bits per heavy atom. The van der Waals surface area contributed by atoms with Gasteiger partial charge in [0.15, 0.2) is 0 Å². The third kappa shape index (κ3) is 4.98. The van der Waals surface area contributed by atoms with Gasteiger partial charge in [-0.05, 0) is 73.5 Å². The number of aromatic hydroxyl groups is 1. The van der Waals surface area contributed by atoms with Crippen molar-refractivity contribution in [3.05, 3.63) is 76.3 Å². The molecule has 0 radical (unpaired) electrons. The molecule has 170 valence electrons. The molecule has 4 rings (SSSR count). The van der Waals surface area contributed by atoms with E-state index in [0.717, 1.165) is 50.9 Å². The maximum absolute atomic E-state index is 12.8. The molecule has 0 spiro atoms. The predicted molar refractivity (Wildman–Crippen MR) is 130 cm³/mol. The maximum atomic E-state index is 12.8. The number of phenols is 1. The van der Waals surface area contributed by atoms with E-state index in [0.29, 0.717) is 21.7 Å². The SMILES string of the molecule is C=CCN1CCC2(c3cccc(O)c3)C[C@@H](NC(=O)Cc3ccc(Cl)c(Cl)c3)CCC2C1. The highest BCUT2D eigenvalue weighted by Gasteiger charge is 2.48. The molecule has 0 bridgehead atoms. The zero-order valence-electron chi connectivity index (χ0n) is 18.2. The standard InChI is InChI=1S/C26H30Cl2N2O2/c1-2-11-30-12-10-26(19-4-3-5-22(31)15-19)16-21(8-7-20(26)17-30)29-25(32)14-18-6-9-23(27)24(28)13-18/h2-6,9,13,15,20-21,31H,1,7-8,10-12,14,16-17H2,(H,29,32)/t20?,21-,26?/m0/s1. The van der Waals surface area contributed by atoms with Crippen LogP contribution in [0.15, 0.2) is 55.1 Å². The van der Waals surface area contributed by atoms with Crippen LogP contribution in [0.3, 0.4) is 0 Å². The van der Waals surface area contributed by atoms with Crippen molar-refractivity contribution < 1.29 is 9.90 Å². The number of nitrogens with one attached hydrogen (secondary N) is 1. The highest BCUT2D eigenvalue weighted by atomic mass is 35.5. The van der Waals surface area contributed by atoms with Crippen molar-refractivity contribution >= 4 is 29.1 Å². The van der Waals surface area contributed by atoms with Crippen LogP contribution in [0.2, 0.25) is 10.0 Å². The number of likely N-dealkylation sites (tertiary alicyclic amines) is 1. The van der Waals surface area contributed by atoms with Crippen LogP contribution >= 0.6 is 23.2 Å². The summed E-state index contributed by atoms with van der Waals surface area (Å²) in [6.45, 7) is 6.80. The third-order valence-corrected chi connectivity index (χ3v) is 7.87. The van der Waals surface area contributed by atoms with E-state index in [4.69, 9.17) is 23.2 Å². The lowest BCUT2D eigenvalue weighted by Gasteiger charge is -2.53. The summed E-state index contributed by atoms with van der Waals surface area (Å²) in [5, 5.41) is 14.4. The number of halogens is 2. The topological polar surface area (TPSA) is 52.6 Å². The highest BCUT2D eigenvalue weighted by Crippen LogP contribution is 2.49. The second kappa shape index (κ2) is 9.86. The normalized spacial score (nSPS) is 25.7. The molecule has 1 amide bonds. The van der Waals surface area contributed by atoms with Crippen LogP contribution in [0, 0.1) is 5.92 Å². The second-order valence-electron chi connectivity index (χ2n) is 9.17. The fourth-order valence-electron chi connectivity index (χ4n) is 5.62. The lowest BCUT2D eigenvalue weighted by Crippen LogP contribution is -2.56. The van der Waals surface area contributed by atoms with Crippen molar-refractivity contribution in [2.45, 2.75) is 43.6 Å². The van der Waals surface area contributed by atoms with Crippen molar-refractivity contribution in [2.75, 3.05) is 19.6 Å². The van der Waals surface area contributed by atoms with Gasteiger partial charge in [-0.2, -0.15) is 0 Å². The van der Waals surface area contributed by atoms with Crippen LogP contribution in [0.1, 0.15) is 36.8 Å². The van der Waals surface area contributed by atoms with E-state index in [1.54, 1.807) is 18.2 Å². The van der Waals surface area contributed by atoms with Crippen molar-refractivity contribution in [3.8, 4) is 5.75 Å². The fraction of sp³-hybridized carbons (Fsp3) is 0.423. The summed E-state index contributed by atoms with van der Waals surface area (Å²) in [6, 6.07) is 13.1. The number of carbonyl (C=O) groups is 1. The smallest absolute Gasteiger partial charge is 0.224 e. The summed E-state index contributed by atoms with van der Waals surface area (Å²) >= 11 is 12.1. The minimum atomic E-state index is -0.0454. The van der Waals surface area contributed by atoms with Crippen molar-refractivity contribution in [2.24, 2.45) is 5.92 Å². The number of phenolic OH excluding ortho intramolecular Hbond substituents is 1. The van der Waals surface area contributed by atoms with Gasteiger partial charge in [0.1, 0.15) is 5.75 Å². The molecular weight excluding hydrogens is 443 g/mol. The Bertz CT molecular complexity index is 996. The summed E-state index contributed by atoms with van der Waals surface area (Å²) in [6.07, 6.45) is 6.14. The molecule has 1 aliphatic heterocycles. The number of nitrogens with zero attached hydrogens (tertiary/aromatic N) is 1. The van der Waals surface area contributed by atoms with E-state index in [-0.39, 0.29) is 23.8 Å².